The van der Waals surface area contributed by atoms with E-state index in [9.17, 15) is 4.79 Å². The summed E-state index contributed by atoms with van der Waals surface area (Å²) in [5.41, 5.74) is 4.32. The van der Waals surface area contributed by atoms with Gasteiger partial charge >= 0.3 is 0 Å². The molecule has 6 nitrogen and oxygen atoms in total. The summed E-state index contributed by atoms with van der Waals surface area (Å²) in [6, 6.07) is 8.25. The second-order valence-electron chi connectivity index (χ2n) is 8.00. The van der Waals surface area contributed by atoms with Crippen molar-refractivity contribution in [3.8, 4) is 5.69 Å². The fourth-order valence-corrected chi connectivity index (χ4v) is 3.58. The molecule has 0 spiro atoms. The van der Waals surface area contributed by atoms with Gasteiger partial charge in [0, 0.05) is 30.9 Å². The van der Waals surface area contributed by atoms with Crippen molar-refractivity contribution in [1.82, 2.24) is 19.3 Å². The lowest BCUT2D eigenvalue weighted by Gasteiger charge is -2.13. The van der Waals surface area contributed by atoms with Crippen molar-refractivity contribution in [2.45, 2.75) is 45.2 Å². The summed E-state index contributed by atoms with van der Waals surface area (Å²) >= 11 is 1.42. The number of aromatic nitrogens is 4. The number of carbonyl (C=O) groups excluding carboxylic acids is 1. The van der Waals surface area contributed by atoms with Crippen LogP contribution in [-0.2, 0) is 17.3 Å². The van der Waals surface area contributed by atoms with Gasteiger partial charge in [-0.2, -0.15) is 5.10 Å². The molecular weight excluding hydrogens is 370 g/mol. The summed E-state index contributed by atoms with van der Waals surface area (Å²) in [4.78, 5) is 16.9. The van der Waals surface area contributed by atoms with Crippen LogP contribution in [0.1, 0.15) is 37.6 Å². The van der Waals surface area contributed by atoms with Crippen LogP contribution in [0, 0.1) is 13.8 Å². The standard InChI is InChI=1S/C21H27N5OS/c1-14-7-8-15(2)16(11-14)26-10-9-22-20(26)28-13-19(27)23-18-12-17(21(3,4)5)24-25(18)6/h7-12H,13H2,1-6H3,(H,23,27). The molecule has 0 bridgehead atoms. The Bertz CT molecular complexity index is 997. The van der Waals surface area contributed by atoms with Crippen LogP contribution < -0.4 is 5.32 Å². The van der Waals surface area contributed by atoms with E-state index in [-0.39, 0.29) is 17.1 Å². The van der Waals surface area contributed by atoms with Crippen molar-refractivity contribution in [2.75, 3.05) is 11.1 Å². The summed E-state index contributed by atoms with van der Waals surface area (Å²) in [5.74, 6) is 0.898. The third-order valence-electron chi connectivity index (χ3n) is 4.48. The lowest BCUT2D eigenvalue weighted by Crippen LogP contribution is -2.16. The molecule has 0 fully saturated rings. The van der Waals surface area contributed by atoms with Gasteiger partial charge in [0.15, 0.2) is 5.16 Å². The number of aryl methyl sites for hydroxylation is 3. The van der Waals surface area contributed by atoms with Crippen LogP contribution in [0.2, 0.25) is 0 Å². The fourth-order valence-electron chi connectivity index (χ4n) is 2.82. The van der Waals surface area contributed by atoms with Crippen LogP contribution in [0.15, 0.2) is 41.8 Å². The van der Waals surface area contributed by atoms with Crippen LogP contribution in [0.4, 0.5) is 5.82 Å². The molecule has 1 N–H and O–H groups in total. The molecule has 0 saturated heterocycles. The van der Waals surface area contributed by atoms with E-state index in [2.05, 4.69) is 68.2 Å². The number of thioether (sulfide) groups is 1. The predicted octanol–water partition coefficient (Wildman–Crippen LogP) is 4.25. The molecule has 0 aliphatic heterocycles. The van der Waals surface area contributed by atoms with Gasteiger partial charge in [-0.25, -0.2) is 4.98 Å². The van der Waals surface area contributed by atoms with Gasteiger partial charge in [-0.05, 0) is 31.0 Å². The molecule has 0 aliphatic rings. The number of benzene rings is 1. The highest BCUT2D eigenvalue weighted by molar-refractivity contribution is 7.99. The molecule has 0 unspecified atom stereocenters. The van der Waals surface area contributed by atoms with Crippen molar-refractivity contribution < 1.29 is 4.79 Å². The lowest BCUT2D eigenvalue weighted by atomic mass is 9.92. The largest absolute Gasteiger partial charge is 0.310 e. The molecule has 148 valence electrons. The zero-order valence-corrected chi connectivity index (χ0v) is 18.1. The van der Waals surface area contributed by atoms with Crippen molar-refractivity contribution >= 4 is 23.5 Å². The number of amides is 1. The van der Waals surface area contributed by atoms with E-state index in [0.717, 1.165) is 16.5 Å². The first-order valence-corrected chi connectivity index (χ1v) is 10.2. The number of hydrogen-bond donors (Lipinski definition) is 1. The predicted molar refractivity (Wildman–Crippen MR) is 114 cm³/mol. The second-order valence-corrected chi connectivity index (χ2v) is 8.94. The summed E-state index contributed by atoms with van der Waals surface area (Å²) in [6.07, 6.45) is 3.69. The van der Waals surface area contributed by atoms with Gasteiger partial charge in [-0.1, -0.05) is 44.7 Å². The Labute approximate surface area is 170 Å². The number of hydrogen-bond acceptors (Lipinski definition) is 4. The van der Waals surface area contributed by atoms with Crippen LogP contribution in [-0.4, -0.2) is 31.0 Å². The van der Waals surface area contributed by atoms with Gasteiger partial charge in [0.05, 0.1) is 17.1 Å². The Morgan fingerprint density at radius 2 is 1.96 bits per heavy atom. The average molecular weight is 398 g/mol. The van der Waals surface area contributed by atoms with Crippen LogP contribution >= 0.6 is 11.8 Å². The van der Waals surface area contributed by atoms with Gasteiger partial charge in [-0.3, -0.25) is 14.0 Å². The van der Waals surface area contributed by atoms with Gasteiger partial charge < -0.3 is 5.32 Å². The van der Waals surface area contributed by atoms with Crippen molar-refractivity contribution in [2.24, 2.45) is 7.05 Å². The molecule has 3 aromatic rings. The quantitative estimate of drug-likeness (QED) is 0.654. The number of imidazole rings is 1. The summed E-state index contributed by atoms with van der Waals surface area (Å²) in [7, 11) is 1.84. The molecule has 3 rings (SSSR count). The third kappa shape index (κ3) is 4.47. The van der Waals surface area contributed by atoms with Crippen LogP contribution in [0.25, 0.3) is 5.69 Å². The number of rotatable bonds is 5. The number of nitrogens with one attached hydrogen (secondary N) is 1. The lowest BCUT2D eigenvalue weighted by molar-refractivity contribution is -0.113. The molecule has 28 heavy (non-hydrogen) atoms. The van der Waals surface area contributed by atoms with Gasteiger partial charge in [0.2, 0.25) is 5.91 Å². The molecule has 0 atom stereocenters. The SMILES string of the molecule is Cc1ccc(C)c(-n2ccnc2SCC(=O)Nc2cc(C(C)(C)C)nn2C)c1. The summed E-state index contributed by atoms with van der Waals surface area (Å²) in [5, 5.41) is 8.24. The average Bonchev–Trinajstić information content (AvgIpc) is 3.22. The maximum Gasteiger partial charge on any atom is 0.235 e. The van der Waals surface area contributed by atoms with Crippen LogP contribution in [0.3, 0.4) is 0 Å². The molecule has 0 aliphatic carbocycles. The minimum Gasteiger partial charge on any atom is -0.310 e. The fraction of sp³-hybridized carbons (Fsp3) is 0.381. The van der Waals surface area contributed by atoms with E-state index in [4.69, 9.17) is 0 Å². The minimum absolute atomic E-state index is 0.0636. The van der Waals surface area contributed by atoms with Gasteiger partial charge in [0.25, 0.3) is 0 Å². The number of nitrogens with zero attached hydrogens (tertiary/aromatic N) is 4. The molecule has 1 amide bonds. The Morgan fingerprint density at radius 1 is 1.21 bits per heavy atom. The topological polar surface area (TPSA) is 64.7 Å². The maximum absolute atomic E-state index is 12.5. The molecule has 0 saturated carbocycles. The first kappa shape index (κ1) is 20.2. The van der Waals surface area contributed by atoms with Gasteiger partial charge in [0.1, 0.15) is 5.82 Å². The van der Waals surface area contributed by atoms with Gasteiger partial charge in [-0.15, -0.1) is 0 Å². The molecular formula is C21H27N5OS. The van der Waals surface area contributed by atoms with E-state index < -0.39 is 0 Å². The zero-order chi connectivity index (χ0) is 20.5. The highest BCUT2D eigenvalue weighted by Gasteiger charge is 2.20. The highest BCUT2D eigenvalue weighted by atomic mass is 32.2. The minimum atomic E-state index is -0.0797. The second kappa shape index (κ2) is 7.83. The van der Waals surface area contributed by atoms with E-state index in [1.807, 2.05) is 23.9 Å². The Morgan fingerprint density at radius 3 is 2.64 bits per heavy atom. The maximum atomic E-state index is 12.5. The van der Waals surface area contributed by atoms with Crippen LogP contribution in [0.5, 0.6) is 0 Å². The molecule has 2 heterocycles. The van der Waals surface area contributed by atoms with E-state index in [1.54, 1.807) is 10.9 Å². The molecule has 0 radical (unpaired) electrons. The molecule has 2 aromatic heterocycles. The first-order valence-electron chi connectivity index (χ1n) is 9.23. The van der Waals surface area contributed by atoms with E-state index in [1.165, 1.54) is 22.9 Å². The Balaban J connectivity index is 1.69. The van der Waals surface area contributed by atoms with E-state index in [0.29, 0.717) is 5.82 Å². The Kier molecular flexibility index (Phi) is 5.65. The zero-order valence-electron chi connectivity index (χ0n) is 17.3. The monoisotopic (exact) mass is 397 g/mol. The summed E-state index contributed by atoms with van der Waals surface area (Å²) < 4.78 is 3.74. The first-order chi connectivity index (χ1) is 13.1. The number of carbonyl (C=O) groups is 1. The molecule has 1 aromatic carbocycles. The Hall–Kier alpha value is -2.54. The highest BCUT2D eigenvalue weighted by Crippen LogP contribution is 2.25. The van der Waals surface area contributed by atoms with Crippen molar-refractivity contribution in [3.05, 3.63) is 53.5 Å². The molecule has 7 heteroatoms. The van der Waals surface area contributed by atoms with Crippen molar-refractivity contribution in [3.63, 3.8) is 0 Å². The third-order valence-corrected chi connectivity index (χ3v) is 5.45. The normalized spacial score (nSPS) is 11.6. The summed E-state index contributed by atoms with van der Waals surface area (Å²) in [6.45, 7) is 10.4. The van der Waals surface area contributed by atoms with E-state index >= 15 is 0 Å². The number of anilines is 1. The van der Waals surface area contributed by atoms with Crippen molar-refractivity contribution in [1.29, 1.82) is 0 Å². The smallest absolute Gasteiger partial charge is 0.235 e.